The summed E-state index contributed by atoms with van der Waals surface area (Å²) in [6.45, 7) is 8.96. The topological polar surface area (TPSA) is 28.2 Å². The predicted molar refractivity (Wildman–Crippen MR) is 121 cm³/mol. The Morgan fingerprint density at radius 1 is 0.900 bits per heavy atom. The second kappa shape index (κ2) is 9.04. The third-order valence-electron chi connectivity index (χ3n) is 6.50. The number of piperazine rings is 1. The van der Waals surface area contributed by atoms with E-state index in [1.807, 2.05) is 12.1 Å². The molecule has 0 aromatic heterocycles. The van der Waals surface area contributed by atoms with Crippen LogP contribution in [0.4, 0.5) is 5.69 Å². The lowest BCUT2D eigenvalue weighted by Crippen LogP contribution is -2.55. The van der Waals surface area contributed by atoms with Crippen LogP contribution in [0.15, 0.2) is 42.5 Å². The molecule has 3 aliphatic rings. The minimum Gasteiger partial charge on any atom is -0.486 e. The van der Waals surface area contributed by atoms with Gasteiger partial charge in [-0.1, -0.05) is 23.7 Å². The average Bonchev–Trinajstić information content (AvgIpc) is 2.79. The molecule has 3 aliphatic heterocycles. The van der Waals surface area contributed by atoms with Crippen LogP contribution < -0.4 is 14.4 Å². The zero-order valence-corrected chi connectivity index (χ0v) is 18.2. The maximum absolute atomic E-state index is 6.18. The van der Waals surface area contributed by atoms with Gasteiger partial charge in [0.1, 0.15) is 13.2 Å². The van der Waals surface area contributed by atoms with Gasteiger partial charge in [0.25, 0.3) is 0 Å². The van der Waals surface area contributed by atoms with Gasteiger partial charge in [-0.3, -0.25) is 9.80 Å². The highest BCUT2D eigenvalue weighted by atomic mass is 35.5. The number of benzene rings is 2. The van der Waals surface area contributed by atoms with Crippen molar-refractivity contribution in [1.29, 1.82) is 0 Å². The summed E-state index contributed by atoms with van der Waals surface area (Å²) < 4.78 is 11.4. The Labute approximate surface area is 184 Å². The van der Waals surface area contributed by atoms with Gasteiger partial charge in [-0.25, -0.2) is 0 Å². The molecule has 0 bridgehead atoms. The third kappa shape index (κ3) is 4.53. The molecule has 0 spiro atoms. The number of hydrogen-bond donors (Lipinski definition) is 0. The van der Waals surface area contributed by atoms with Crippen LogP contribution in [0.2, 0.25) is 5.02 Å². The summed E-state index contributed by atoms with van der Waals surface area (Å²) in [5, 5.41) is 0.817. The molecule has 2 aromatic carbocycles. The van der Waals surface area contributed by atoms with Crippen molar-refractivity contribution in [2.75, 3.05) is 57.4 Å². The molecule has 2 aromatic rings. The standard InChI is InChI=1S/C24H30ClN3O2/c25-20-3-1-4-21(16-20)27-9-11-28(12-10-27)22-5-2-8-26(18-22)17-19-6-7-23-24(15-19)30-14-13-29-23/h1,3-4,6-7,15-16,22H,2,5,8-14,17-18H2/t22-/m1/s1. The molecule has 5 rings (SSSR count). The molecule has 2 saturated heterocycles. The van der Waals surface area contributed by atoms with E-state index in [9.17, 15) is 0 Å². The highest BCUT2D eigenvalue weighted by Crippen LogP contribution is 2.31. The Bertz CT molecular complexity index is 869. The van der Waals surface area contributed by atoms with Crippen LogP contribution >= 0.6 is 11.6 Å². The number of nitrogens with zero attached hydrogens (tertiary/aromatic N) is 3. The van der Waals surface area contributed by atoms with Crippen molar-refractivity contribution < 1.29 is 9.47 Å². The van der Waals surface area contributed by atoms with E-state index in [1.54, 1.807) is 0 Å². The monoisotopic (exact) mass is 427 g/mol. The van der Waals surface area contributed by atoms with E-state index in [4.69, 9.17) is 21.1 Å². The van der Waals surface area contributed by atoms with Crippen LogP contribution in [0, 0.1) is 0 Å². The van der Waals surface area contributed by atoms with Gasteiger partial charge < -0.3 is 14.4 Å². The maximum atomic E-state index is 6.18. The van der Waals surface area contributed by atoms with Crippen molar-refractivity contribution in [3.05, 3.63) is 53.1 Å². The first kappa shape index (κ1) is 20.0. The molecule has 3 heterocycles. The minimum atomic E-state index is 0.642. The van der Waals surface area contributed by atoms with E-state index in [-0.39, 0.29) is 0 Å². The summed E-state index contributed by atoms with van der Waals surface area (Å²) in [6.07, 6.45) is 2.57. The molecule has 0 radical (unpaired) electrons. The Kier molecular flexibility index (Phi) is 6.02. The van der Waals surface area contributed by atoms with Crippen LogP contribution in [0.5, 0.6) is 11.5 Å². The molecule has 5 nitrogen and oxygen atoms in total. The fourth-order valence-electron chi connectivity index (χ4n) is 4.94. The highest BCUT2D eigenvalue weighted by Gasteiger charge is 2.28. The Morgan fingerprint density at radius 3 is 2.57 bits per heavy atom. The number of fused-ring (bicyclic) bond motifs is 1. The zero-order chi connectivity index (χ0) is 20.3. The third-order valence-corrected chi connectivity index (χ3v) is 6.73. The van der Waals surface area contributed by atoms with Crippen LogP contribution in [0.25, 0.3) is 0 Å². The predicted octanol–water partition coefficient (Wildman–Crippen LogP) is 3.90. The smallest absolute Gasteiger partial charge is 0.161 e. The normalized spacial score (nSPS) is 22.8. The van der Waals surface area contributed by atoms with Crippen molar-refractivity contribution >= 4 is 17.3 Å². The SMILES string of the molecule is Clc1cccc(N2CCN([C@@H]3CCCN(Cc4ccc5c(c4)OCCO5)C3)CC2)c1. The zero-order valence-electron chi connectivity index (χ0n) is 17.4. The van der Waals surface area contributed by atoms with Gasteiger partial charge in [0.2, 0.25) is 0 Å². The molecule has 160 valence electrons. The fraction of sp³-hybridized carbons (Fsp3) is 0.500. The van der Waals surface area contributed by atoms with E-state index in [2.05, 4.69) is 45.0 Å². The summed E-state index contributed by atoms with van der Waals surface area (Å²) in [6, 6.07) is 15.3. The lowest BCUT2D eigenvalue weighted by atomic mass is 10.0. The summed E-state index contributed by atoms with van der Waals surface area (Å²) in [7, 11) is 0. The number of halogens is 1. The summed E-state index contributed by atoms with van der Waals surface area (Å²) in [5.74, 6) is 1.77. The van der Waals surface area contributed by atoms with E-state index < -0.39 is 0 Å². The minimum absolute atomic E-state index is 0.642. The van der Waals surface area contributed by atoms with Crippen molar-refractivity contribution in [3.63, 3.8) is 0 Å². The molecule has 0 aliphatic carbocycles. The summed E-state index contributed by atoms with van der Waals surface area (Å²) >= 11 is 6.18. The molecule has 0 saturated carbocycles. The molecule has 6 heteroatoms. The first-order valence-corrected chi connectivity index (χ1v) is 11.5. The number of rotatable bonds is 4. The van der Waals surface area contributed by atoms with Crippen molar-refractivity contribution in [2.24, 2.45) is 0 Å². The van der Waals surface area contributed by atoms with Gasteiger partial charge in [-0.15, -0.1) is 0 Å². The van der Waals surface area contributed by atoms with Gasteiger partial charge in [0.05, 0.1) is 0 Å². The first-order chi connectivity index (χ1) is 14.7. The first-order valence-electron chi connectivity index (χ1n) is 11.1. The number of hydrogen-bond acceptors (Lipinski definition) is 5. The molecule has 1 atom stereocenters. The Morgan fingerprint density at radius 2 is 1.73 bits per heavy atom. The van der Waals surface area contributed by atoms with Gasteiger partial charge in [-0.05, 0) is 55.3 Å². The number of piperidine rings is 1. The van der Waals surface area contributed by atoms with E-state index in [0.29, 0.717) is 19.3 Å². The van der Waals surface area contributed by atoms with E-state index in [1.165, 1.54) is 30.6 Å². The van der Waals surface area contributed by atoms with Gasteiger partial charge in [0.15, 0.2) is 11.5 Å². The second-order valence-electron chi connectivity index (χ2n) is 8.51. The molecular weight excluding hydrogens is 398 g/mol. The number of anilines is 1. The lowest BCUT2D eigenvalue weighted by Gasteiger charge is -2.44. The summed E-state index contributed by atoms with van der Waals surface area (Å²) in [5.41, 5.74) is 2.55. The largest absolute Gasteiger partial charge is 0.486 e. The van der Waals surface area contributed by atoms with E-state index >= 15 is 0 Å². The van der Waals surface area contributed by atoms with Crippen molar-refractivity contribution in [2.45, 2.75) is 25.4 Å². The molecular formula is C24H30ClN3O2. The Balaban J connectivity index is 1.16. The van der Waals surface area contributed by atoms with Gasteiger partial charge in [-0.2, -0.15) is 0 Å². The van der Waals surface area contributed by atoms with Crippen molar-refractivity contribution in [1.82, 2.24) is 9.80 Å². The molecule has 30 heavy (non-hydrogen) atoms. The Hall–Kier alpha value is -1.95. The molecule has 0 amide bonds. The van der Waals surface area contributed by atoms with Gasteiger partial charge >= 0.3 is 0 Å². The van der Waals surface area contributed by atoms with Crippen LogP contribution in [-0.2, 0) is 6.54 Å². The number of ether oxygens (including phenoxy) is 2. The average molecular weight is 428 g/mol. The van der Waals surface area contributed by atoms with Crippen LogP contribution in [0.1, 0.15) is 18.4 Å². The lowest BCUT2D eigenvalue weighted by molar-refractivity contribution is 0.0886. The molecule has 2 fully saturated rings. The van der Waals surface area contributed by atoms with Crippen molar-refractivity contribution in [3.8, 4) is 11.5 Å². The van der Waals surface area contributed by atoms with E-state index in [0.717, 1.165) is 55.8 Å². The number of likely N-dealkylation sites (tertiary alicyclic amines) is 1. The van der Waals surface area contributed by atoms with Crippen LogP contribution in [0.3, 0.4) is 0 Å². The molecule has 0 N–H and O–H groups in total. The highest BCUT2D eigenvalue weighted by molar-refractivity contribution is 6.30. The quantitative estimate of drug-likeness (QED) is 0.738. The maximum Gasteiger partial charge on any atom is 0.161 e. The fourth-order valence-corrected chi connectivity index (χ4v) is 5.12. The van der Waals surface area contributed by atoms with Crippen LogP contribution in [-0.4, -0.2) is 68.3 Å². The molecule has 0 unspecified atom stereocenters. The second-order valence-corrected chi connectivity index (χ2v) is 8.95. The van der Waals surface area contributed by atoms with Gasteiger partial charge in [0, 0.05) is 56.0 Å². The summed E-state index contributed by atoms with van der Waals surface area (Å²) in [4.78, 5) is 7.75.